The maximum absolute atomic E-state index is 12.2. The summed E-state index contributed by atoms with van der Waals surface area (Å²) in [6.07, 6.45) is 2.30. The van der Waals surface area contributed by atoms with Crippen molar-refractivity contribution in [1.29, 1.82) is 0 Å². The number of hydrogen-bond donors (Lipinski definition) is 1. The molecule has 146 valence electrons. The fourth-order valence-electron chi connectivity index (χ4n) is 3.48. The summed E-state index contributed by atoms with van der Waals surface area (Å²) < 4.78 is 11.8. The van der Waals surface area contributed by atoms with Crippen LogP contribution in [0.25, 0.3) is 11.0 Å². The van der Waals surface area contributed by atoms with Gasteiger partial charge in [0, 0.05) is 18.5 Å². The quantitative estimate of drug-likeness (QED) is 0.749. The van der Waals surface area contributed by atoms with Crippen molar-refractivity contribution in [2.75, 3.05) is 13.1 Å². The molecule has 1 fully saturated rings. The smallest absolute Gasteiger partial charge is 0.410 e. The SMILES string of the molecule is CC(C)(C)OC(=O)N1CC[C@H]([C@H](Cc2ccc3c(Br)coc3c2)C(=O)O)C1. The number of fused-ring (bicyclic) bond motifs is 1. The van der Waals surface area contributed by atoms with Crippen LogP contribution in [-0.2, 0) is 16.0 Å². The standard InChI is InChI=1S/C20H24BrNO5/c1-20(2,3)27-19(25)22-7-6-13(10-22)15(18(23)24)8-12-4-5-14-16(21)11-26-17(14)9-12/h4-5,9,11,13,15H,6-8,10H2,1-3H3,(H,23,24)/t13-,15-/m0/s1. The van der Waals surface area contributed by atoms with Gasteiger partial charge in [0.15, 0.2) is 0 Å². The molecule has 0 spiro atoms. The van der Waals surface area contributed by atoms with E-state index in [1.807, 2.05) is 39.0 Å². The van der Waals surface area contributed by atoms with E-state index in [4.69, 9.17) is 9.15 Å². The maximum atomic E-state index is 12.2. The molecule has 7 heteroatoms. The minimum absolute atomic E-state index is 0.103. The third kappa shape index (κ3) is 4.64. The summed E-state index contributed by atoms with van der Waals surface area (Å²) in [5, 5.41) is 10.7. The Balaban J connectivity index is 1.70. The molecule has 6 nitrogen and oxygen atoms in total. The van der Waals surface area contributed by atoms with E-state index in [1.54, 1.807) is 11.2 Å². The number of carbonyl (C=O) groups excluding carboxylic acids is 1. The average Bonchev–Trinajstić information content (AvgIpc) is 3.18. The lowest BCUT2D eigenvalue weighted by atomic mass is 9.86. The molecule has 0 unspecified atom stereocenters. The zero-order chi connectivity index (χ0) is 19.8. The first-order chi connectivity index (χ1) is 12.6. The summed E-state index contributed by atoms with van der Waals surface area (Å²) in [6.45, 7) is 6.39. The van der Waals surface area contributed by atoms with Crippen molar-refractivity contribution in [1.82, 2.24) is 4.90 Å². The third-order valence-electron chi connectivity index (χ3n) is 4.81. The molecule has 0 aliphatic carbocycles. The van der Waals surface area contributed by atoms with Crippen molar-refractivity contribution in [3.05, 3.63) is 34.5 Å². The van der Waals surface area contributed by atoms with Gasteiger partial charge in [-0.3, -0.25) is 4.79 Å². The van der Waals surface area contributed by atoms with E-state index in [0.29, 0.717) is 25.9 Å². The predicted octanol–water partition coefficient (Wildman–Crippen LogP) is 4.70. The van der Waals surface area contributed by atoms with Gasteiger partial charge in [-0.2, -0.15) is 0 Å². The van der Waals surface area contributed by atoms with Crippen molar-refractivity contribution in [3.8, 4) is 0 Å². The molecule has 1 N–H and O–H groups in total. The Morgan fingerprint density at radius 1 is 1.41 bits per heavy atom. The first kappa shape index (κ1) is 19.7. The summed E-state index contributed by atoms with van der Waals surface area (Å²) >= 11 is 3.42. The molecular weight excluding hydrogens is 414 g/mol. The lowest BCUT2D eigenvalue weighted by molar-refractivity contribution is -0.143. The van der Waals surface area contributed by atoms with Crippen molar-refractivity contribution in [2.45, 2.75) is 39.2 Å². The van der Waals surface area contributed by atoms with Crippen LogP contribution in [0, 0.1) is 11.8 Å². The van der Waals surface area contributed by atoms with Gasteiger partial charge in [0.05, 0.1) is 10.4 Å². The van der Waals surface area contributed by atoms with Gasteiger partial charge in [0.1, 0.15) is 17.4 Å². The second-order valence-electron chi connectivity index (χ2n) is 8.04. The number of carboxylic acids is 1. The second-order valence-corrected chi connectivity index (χ2v) is 8.89. The van der Waals surface area contributed by atoms with E-state index in [-0.39, 0.29) is 12.0 Å². The molecule has 1 amide bonds. The summed E-state index contributed by atoms with van der Waals surface area (Å²) in [5.41, 5.74) is 1.08. The minimum atomic E-state index is -0.841. The molecule has 0 bridgehead atoms. The molecule has 1 aliphatic heterocycles. The van der Waals surface area contributed by atoms with Gasteiger partial charge in [-0.15, -0.1) is 0 Å². The highest BCUT2D eigenvalue weighted by Gasteiger charge is 2.37. The molecule has 1 aliphatic rings. The van der Waals surface area contributed by atoms with Gasteiger partial charge >= 0.3 is 12.1 Å². The van der Waals surface area contributed by atoms with Crippen LogP contribution in [0.1, 0.15) is 32.8 Å². The highest BCUT2D eigenvalue weighted by Crippen LogP contribution is 2.31. The number of rotatable bonds is 4. The molecule has 3 rings (SSSR count). The average molecular weight is 438 g/mol. The summed E-state index contributed by atoms with van der Waals surface area (Å²) in [7, 11) is 0. The number of carboxylic acid groups (broad SMARTS) is 1. The number of amides is 1. The Morgan fingerprint density at radius 2 is 2.15 bits per heavy atom. The van der Waals surface area contributed by atoms with Crippen LogP contribution >= 0.6 is 15.9 Å². The van der Waals surface area contributed by atoms with Gasteiger partial charge in [0.25, 0.3) is 0 Å². The van der Waals surface area contributed by atoms with Crippen LogP contribution in [0.3, 0.4) is 0 Å². The summed E-state index contributed by atoms with van der Waals surface area (Å²) in [6, 6.07) is 5.74. The number of furan rings is 1. The number of aliphatic carboxylic acids is 1. The lowest BCUT2D eigenvalue weighted by Crippen LogP contribution is -2.36. The van der Waals surface area contributed by atoms with E-state index in [1.165, 1.54) is 0 Å². The molecule has 1 saturated heterocycles. The number of carbonyl (C=O) groups is 2. The first-order valence-electron chi connectivity index (χ1n) is 9.00. The van der Waals surface area contributed by atoms with E-state index < -0.39 is 17.5 Å². The highest BCUT2D eigenvalue weighted by atomic mass is 79.9. The Labute approximate surface area is 166 Å². The molecule has 27 heavy (non-hydrogen) atoms. The minimum Gasteiger partial charge on any atom is -0.481 e. The predicted molar refractivity (Wildman–Crippen MR) is 105 cm³/mol. The molecule has 2 atom stereocenters. The van der Waals surface area contributed by atoms with E-state index >= 15 is 0 Å². The molecule has 0 saturated carbocycles. The number of halogens is 1. The lowest BCUT2D eigenvalue weighted by Gasteiger charge is -2.25. The van der Waals surface area contributed by atoms with E-state index in [9.17, 15) is 14.7 Å². The van der Waals surface area contributed by atoms with Crippen LogP contribution in [0.15, 0.2) is 33.4 Å². The van der Waals surface area contributed by atoms with Gasteiger partial charge in [-0.05, 0) is 73.2 Å². The number of hydrogen-bond acceptors (Lipinski definition) is 4. The molecule has 0 radical (unpaired) electrons. The van der Waals surface area contributed by atoms with Crippen molar-refractivity contribution >= 4 is 39.0 Å². The topological polar surface area (TPSA) is 80.0 Å². The van der Waals surface area contributed by atoms with Crippen molar-refractivity contribution in [2.24, 2.45) is 11.8 Å². The Kier molecular flexibility index (Phi) is 5.51. The fraction of sp³-hybridized carbons (Fsp3) is 0.500. The van der Waals surface area contributed by atoms with Crippen LogP contribution < -0.4 is 0 Å². The monoisotopic (exact) mass is 437 g/mol. The second kappa shape index (κ2) is 7.54. The van der Waals surface area contributed by atoms with Crippen LogP contribution in [0.4, 0.5) is 4.79 Å². The van der Waals surface area contributed by atoms with E-state index in [0.717, 1.165) is 21.0 Å². The summed E-state index contributed by atoms with van der Waals surface area (Å²) in [5.74, 6) is -1.51. The van der Waals surface area contributed by atoms with Gasteiger partial charge in [-0.1, -0.05) is 6.07 Å². The normalized spacial score (nSPS) is 18.7. The van der Waals surface area contributed by atoms with Gasteiger partial charge in [-0.25, -0.2) is 4.79 Å². The Hall–Kier alpha value is -2.02. The number of ether oxygens (including phenoxy) is 1. The van der Waals surface area contributed by atoms with Crippen molar-refractivity contribution in [3.63, 3.8) is 0 Å². The number of likely N-dealkylation sites (tertiary alicyclic amines) is 1. The molecule has 2 aromatic rings. The zero-order valence-electron chi connectivity index (χ0n) is 15.7. The van der Waals surface area contributed by atoms with Gasteiger partial charge < -0.3 is 19.2 Å². The molecule has 2 heterocycles. The van der Waals surface area contributed by atoms with Crippen molar-refractivity contribution < 1.29 is 23.8 Å². The maximum Gasteiger partial charge on any atom is 0.410 e. The summed E-state index contributed by atoms with van der Waals surface area (Å²) in [4.78, 5) is 25.8. The molecule has 1 aromatic carbocycles. The zero-order valence-corrected chi connectivity index (χ0v) is 17.3. The first-order valence-corrected chi connectivity index (χ1v) is 9.79. The largest absolute Gasteiger partial charge is 0.481 e. The highest BCUT2D eigenvalue weighted by molar-refractivity contribution is 9.10. The number of benzene rings is 1. The van der Waals surface area contributed by atoms with Crippen LogP contribution in [-0.4, -0.2) is 40.8 Å². The van der Waals surface area contributed by atoms with Gasteiger partial charge in [0.2, 0.25) is 0 Å². The van der Waals surface area contributed by atoms with E-state index in [2.05, 4.69) is 15.9 Å². The molecule has 1 aromatic heterocycles. The van der Waals surface area contributed by atoms with Crippen LogP contribution in [0.2, 0.25) is 0 Å². The number of nitrogens with zero attached hydrogens (tertiary/aromatic N) is 1. The Bertz CT molecular complexity index is 854. The van der Waals surface area contributed by atoms with Crippen LogP contribution in [0.5, 0.6) is 0 Å². The Morgan fingerprint density at radius 3 is 2.81 bits per heavy atom. The molecular formula is C20H24BrNO5. The third-order valence-corrected chi connectivity index (χ3v) is 5.43. The fourth-order valence-corrected chi connectivity index (χ4v) is 3.91.